The van der Waals surface area contributed by atoms with E-state index in [0.717, 1.165) is 16.7 Å². The minimum Gasteiger partial charge on any atom is -0.454 e. The van der Waals surface area contributed by atoms with E-state index in [1.807, 2.05) is 72.8 Å². The monoisotopic (exact) mass is 397 g/mol. The molecule has 0 radical (unpaired) electrons. The average molecular weight is 397 g/mol. The van der Waals surface area contributed by atoms with Crippen molar-refractivity contribution in [2.45, 2.75) is 6.92 Å². The van der Waals surface area contributed by atoms with E-state index in [1.165, 1.54) is 0 Å². The van der Waals surface area contributed by atoms with E-state index in [2.05, 4.69) is 5.16 Å². The fraction of sp³-hybridized carbons (Fsp3) is 0.0800. The van der Waals surface area contributed by atoms with Crippen molar-refractivity contribution in [2.75, 3.05) is 6.61 Å². The van der Waals surface area contributed by atoms with Crippen LogP contribution in [0.15, 0.2) is 89.5 Å². The number of hydrogen-bond donors (Lipinski definition) is 0. The summed E-state index contributed by atoms with van der Waals surface area (Å²) in [5, 5.41) is 3.97. The predicted molar refractivity (Wildman–Crippen MR) is 113 cm³/mol. The minimum atomic E-state index is -0.637. The number of aryl methyl sites for hydroxylation is 1. The van der Waals surface area contributed by atoms with E-state index in [1.54, 1.807) is 19.1 Å². The molecule has 5 nitrogen and oxygen atoms in total. The Labute approximate surface area is 173 Å². The lowest BCUT2D eigenvalue weighted by atomic mass is 10.0. The zero-order chi connectivity index (χ0) is 20.9. The lowest BCUT2D eigenvalue weighted by Crippen LogP contribution is -2.15. The summed E-state index contributed by atoms with van der Waals surface area (Å²) in [5.41, 5.74) is 3.93. The van der Waals surface area contributed by atoms with Crippen LogP contribution in [0.2, 0.25) is 0 Å². The van der Waals surface area contributed by atoms with Crippen LogP contribution in [0.1, 0.15) is 26.5 Å². The molecule has 0 bridgehead atoms. The summed E-state index contributed by atoms with van der Waals surface area (Å²) in [5.74, 6) is -0.571. The Hall–Kier alpha value is -3.99. The molecule has 0 unspecified atom stereocenters. The Morgan fingerprint density at radius 2 is 1.37 bits per heavy atom. The Morgan fingerprint density at radius 3 is 2.00 bits per heavy atom. The van der Waals surface area contributed by atoms with E-state index >= 15 is 0 Å². The summed E-state index contributed by atoms with van der Waals surface area (Å²) >= 11 is 0. The normalized spacial score (nSPS) is 10.6. The molecular formula is C25H19NO4. The third-order valence-electron chi connectivity index (χ3n) is 4.76. The van der Waals surface area contributed by atoms with Crippen molar-refractivity contribution >= 4 is 11.8 Å². The number of rotatable bonds is 6. The Bertz CT molecular complexity index is 1160. The van der Waals surface area contributed by atoms with Crippen LogP contribution in [-0.4, -0.2) is 23.5 Å². The number of carbonyl (C=O) groups is 2. The van der Waals surface area contributed by atoms with Crippen molar-refractivity contribution in [2.24, 2.45) is 0 Å². The molecule has 5 heteroatoms. The van der Waals surface area contributed by atoms with Gasteiger partial charge in [0.2, 0.25) is 0 Å². The molecule has 0 N–H and O–H groups in total. The second-order valence-electron chi connectivity index (χ2n) is 6.77. The van der Waals surface area contributed by atoms with Crippen molar-refractivity contribution < 1.29 is 18.8 Å². The molecule has 148 valence electrons. The highest BCUT2D eigenvalue weighted by Crippen LogP contribution is 2.26. The first-order valence-corrected chi connectivity index (χ1v) is 9.51. The van der Waals surface area contributed by atoms with E-state index in [-0.39, 0.29) is 18.0 Å². The van der Waals surface area contributed by atoms with E-state index in [9.17, 15) is 9.59 Å². The van der Waals surface area contributed by atoms with E-state index < -0.39 is 5.97 Å². The van der Waals surface area contributed by atoms with Gasteiger partial charge in [0.1, 0.15) is 17.0 Å². The first kappa shape index (κ1) is 19.3. The number of Topliss-reactive ketones (excluding diaryl/α,β-unsaturated/α-hetero) is 1. The molecule has 0 aliphatic rings. The number of nitrogens with zero attached hydrogens (tertiary/aromatic N) is 1. The Morgan fingerprint density at radius 1 is 0.800 bits per heavy atom. The molecule has 0 saturated heterocycles. The van der Waals surface area contributed by atoms with Crippen LogP contribution in [-0.2, 0) is 4.74 Å². The number of aromatic nitrogens is 1. The number of carbonyl (C=O) groups excluding carboxylic acids is 2. The van der Waals surface area contributed by atoms with E-state index in [0.29, 0.717) is 17.0 Å². The lowest BCUT2D eigenvalue weighted by molar-refractivity contribution is 0.0473. The molecule has 4 rings (SSSR count). The Balaban J connectivity index is 1.45. The summed E-state index contributed by atoms with van der Waals surface area (Å²) in [4.78, 5) is 25.1. The summed E-state index contributed by atoms with van der Waals surface area (Å²) in [6.07, 6.45) is 0. The van der Waals surface area contributed by atoms with Crippen LogP contribution in [0.5, 0.6) is 0 Å². The third kappa shape index (κ3) is 4.05. The molecule has 0 amide bonds. The van der Waals surface area contributed by atoms with Crippen LogP contribution in [0.25, 0.3) is 22.4 Å². The number of hydrogen-bond acceptors (Lipinski definition) is 5. The SMILES string of the molecule is Cc1onc(-c2ccccc2)c1C(=O)OCC(=O)c1ccc(-c2ccccc2)cc1. The molecule has 3 aromatic carbocycles. The molecule has 1 aromatic heterocycles. The molecule has 0 spiro atoms. The molecule has 0 fully saturated rings. The largest absolute Gasteiger partial charge is 0.454 e. The van der Waals surface area contributed by atoms with Gasteiger partial charge in [-0.1, -0.05) is 90.1 Å². The second kappa shape index (κ2) is 8.57. The number of benzene rings is 3. The molecular weight excluding hydrogens is 378 g/mol. The van der Waals surface area contributed by atoms with Gasteiger partial charge in [-0.05, 0) is 18.1 Å². The molecule has 0 atom stereocenters. The zero-order valence-electron chi connectivity index (χ0n) is 16.4. The van der Waals surface area contributed by atoms with Crippen LogP contribution in [0.4, 0.5) is 0 Å². The summed E-state index contributed by atoms with van der Waals surface area (Å²) in [6.45, 7) is 1.28. The third-order valence-corrected chi connectivity index (χ3v) is 4.76. The van der Waals surface area contributed by atoms with Gasteiger partial charge >= 0.3 is 5.97 Å². The van der Waals surface area contributed by atoms with Crippen molar-refractivity contribution in [1.29, 1.82) is 0 Å². The van der Waals surface area contributed by atoms with Gasteiger partial charge in [-0.2, -0.15) is 0 Å². The molecule has 4 aromatic rings. The summed E-state index contributed by atoms with van der Waals surface area (Å²) < 4.78 is 10.5. The highest BCUT2D eigenvalue weighted by atomic mass is 16.5. The fourth-order valence-electron chi connectivity index (χ4n) is 3.17. The molecule has 0 aliphatic carbocycles. The van der Waals surface area contributed by atoms with Crippen molar-refractivity contribution in [3.63, 3.8) is 0 Å². The summed E-state index contributed by atoms with van der Waals surface area (Å²) in [6, 6.07) is 26.3. The topological polar surface area (TPSA) is 69.4 Å². The maximum absolute atomic E-state index is 12.6. The first-order chi connectivity index (χ1) is 14.6. The van der Waals surface area contributed by atoms with Gasteiger partial charge in [0, 0.05) is 11.1 Å². The molecule has 0 saturated carbocycles. The molecule has 0 aliphatic heterocycles. The second-order valence-corrected chi connectivity index (χ2v) is 6.77. The predicted octanol–water partition coefficient (Wildman–Crippen LogP) is 5.36. The van der Waals surface area contributed by atoms with Crippen molar-refractivity contribution in [3.05, 3.63) is 102 Å². The number of ether oxygens (including phenoxy) is 1. The number of esters is 1. The zero-order valence-corrected chi connectivity index (χ0v) is 16.4. The number of ketones is 1. The maximum Gasteiger partial charge on any atom is 0.344 e. The lowest BCUT2D eigenvalue weighted by Gasteiger charge is -2.06. The van der Waals surface area contributed by atoms with Crippen LogP contribution < -0.4 is 0 Å². The van der Waals surface area contributed by atoms with Crippen LogP contribution in [0, 0.1) is 6.92 Å². The van der Waals surface area contributed by atoms with Crippen LogP contribution in [0.3, 0.4) is 0 Å². The van der Waals surface area contributed by atoms with Gasteiger partial charge in [0.25, 0.3) is 0 Å². The van der Waals surface area contributed by atoms with Crippen LogP contribution >= 0.6 is 0 Å². The highest BCUT2D eigenvalue weighted by molar-refractivity contribution is 6.01. The Kier molecular flexibility index (Phi) is 5.52. The van der Waals surface area contributed by atoms with Crippen molar-refractivity contribution in [3.8, 4) is 22.4 Å². The molecule has 1 heterocycles. The van der Waals surface area contributed by atoms with Gasteiger partial charge in [0.05, 0.1) is 0 Å². The molecule has 30 heavy (non-hydrogen) atoms. The average Bonchev–Trinajstić information content (AvgIpc) is 3.20. The fourth-order valence-corrected chi connectivity index (χ4v) is 3.17. The quantitative estimate of drug-likeness (QED) is 0.324. The maximum atomic E-state index is 12.6. The standard InChI is InChI=1S/C25H19NO4/c1-17-23(24(26-30-17)21-10-6-3-7-11-21)25(28)29-16-22(27)20-14-12-19(13-15-20)18-8-4-2-5-9-18/h2-15H,16H2,1H3. The highest BCUT2D eigenvalue weighted by Gasteiger charge is 2.23. The van der Waals surface area contributed by atoms with Gasteiger partial charge in [-0.25, -0.2) is 4.79 Å². The van der Waals surface area contributed by atoms with Crippen molar-refractivity contribution in [1.82, 2.24) is 5.16 Å². The first-order valence-electron chi connectivity index (χ1n) is 9.51. The van der Waals surface area contributed by atoms with Gasteiger partial charge in [-0.3, -0.25) is 4.79 Å². The minimum absolute atomic E-state index is 0.230. The summed E-state index contributed by atoms with van der Waals surface area (Å²) in [7, 11) is 0. The van der Waals surface area contributed by atoms with Gasteiger partial charge in [0.15, 0.2) is 12.4 Å². The van der Waals surface area contributed by atoms with E-state index in [4.69, 9.17) is 9.26 Å². The van der Waals surface area contributed by atoms with Gasteiger partial charge < -0.3 is 9.26 Å². The van der Waals surface area contributed by atoms with Gasteiger partial charge in [-0.15, -0.1) is 0 Å². The smallest absolute Gasteiger partial charge is 0.344 e.